The Kier molecular flexibility index (Phi) is 4.55. The molecule has 0 spiro atoms. The summed E-state index contributed by atoms with van der Waals surface area (Å²) in [7, 11) is 1.74. The van der Waals surface area contributed by atoms with Crippen LogP contribution in [0.4, 0.5) is 5.69 Å². The lowest BCUT2D eigenvalue weighted by Gasteiger charge is -2.15. The highest BCUT2D eigenvalue weighted by atomic mass is 16.2. The molecule has 3 rings (SSSR count). The highest BCUT2D eigenvalue weighted by molar-refractivity contribution is 6.03. The average Bonchev–Trinajstić information content (AvgIpc) is 3.46. The van der Waals surface area contributed by atoms with Crippen molar-refractivity contribution >= 4 is 17.5 Å². The van der Waals surface area contributed by atoms with E-state index < -0.39 is 0 Å². The molecule has 1 aromatic heterocycles. The van der Waals surface area contributed by atoms with E-state index in [0.717, 1.165) is 18.7 Å². The van der Waals surface area contributed by atoms with E-state index in [1.807, 2.05) is 6.92 Å². The maximum Gasteiger partial charge on any atom is 0.274 e. The molecule has 2 aromatic rings. The van der Waals surface area contributed by atoms with E-state index in [4.69, 9.17) is 0 Å². The van der Waals surface area contributed by atoms with Crippen molar-refractivity contribution in [2.24, 2.45) is 0 Å². The first-order valence-electron chi connectivity index (χ1n) is 8.08. The third-order valence-electron chi connectivity index (χ3n) is 4.04. The van der Waals surface area contributed by atoms with Gasteiger partial charge >= 0.3 is 0 Å². The molecule has 6 heteroatoms. The van der Waals surface area contributed by atoms with Crippen molar-refractivity contribution in [2.45, 2.75) is 25.7 Å². The fourth-order valence-electron chi connectivity index (χ4n) is 2.33. The summed E-state index contributed by atoms with van der Waals surface area (Å²) in [6, 6.07) is 8.52. The second kappa shape index (κ2) is 6.78. The van der Waals surface area contributed by atoms with Gasteiger partial charge in [-0.1, -0.05) is 6.07 Å². The number of nitrogens with one attached hydrogen (secondary N) is 1. The molecule has 1 aliphatic rings. The predicted octanol–water partition coefficient (Wildman–Crippen LogP) is 2.70. The van der Waals surface area contributed by atoms with E-state index >= 15 is 0 Å². The minimum atomic E-state index is -0.298. The van der Waals surface area contributed by atoms with Gasteiger partial charge < -0.3 is 10.2 Å². The molecule has 24 heavy (non-hydrogen) atoms. The number of rotatable bonds is 5. The predicted molar refractivity (Wildman–Crippen MR) is 91.0 cm³/mol. The molecule has 6 nitrogen and oxygen atoms in total. The summed E-state index contributed by atoms with van der Waals surface area (Å²) in [5.74, 6) is 0.749. The summed E-state index contributed by atoms with van der Waals surface area (Å²) >= 11 is 0. The zero-order valence-electron chi connectivity index (χ0n) is 13.8. The number of carbonyl (C=O) groups excluding carboxylic acids is 2. The van der Waals surface area contributed by atoms with Crippen LogP contribution in [0, 0.1) is 0 Å². The quantitative estimate of drug-likeness (QED) is 0.917. The fourth-order valence-corrected chi connectivity index (χ4v) is 2.33. The largest absolute Gasteiger partial charge is 0.342 e. The zero-order chi connectivity index (χ0) is 17.1. The number of nitrogens with zero attached hydrogens (tertiary/aromatic N) is 3. The molecule has 1 heterocycles. The molecule has 1 aliphatic carbocycles. The summed E-state index contributed by atoms with van der Waals surface area (Å²) in [5.41, 5.74) is 1.45. The topological polar surface area (TPSA) is 75.2 Å². The van der Waals surface area contributed by atoms with Gasteiger partial charge in [0.15, 0.2) is 0 Å². The van der Waals surface area contributed by atoms with Crippen LogP contribution in [-0.2, 0) is 0 Å². The third-order valence-corrected chi connectivity index (χ3v) is 4.04. The standard InChI is InChI=1S/C18H20N4O2/c1-3-22(2)18(24)13-5-4-6-14(11-13)20-17(23)15-9-10-19-16(21-15)12-7-8-12/h4-6,9-12H,3,7-8H2,1-2H3,(H,20,23). The Morgan fingerprint density at radius 2 is 2.08 bits per heavy atom. The number of anilines is 1. The molecule has 1 saturated carbocycles. The molecular formula is C18H20N4O2. The summed E-state index contributed by atoms with van der Waals surface area (Å²) in [5, 5.41) is 2.80. The van der Waals surface area contributed by atoms with Crippen LogP contribution in [0.15, 0.2) is 36.5 Å². The van der Waals surface area contributed by atoms with Crippen molar-refractivity contribution in [3.63, 3.8) is 0 Å². The first-order chi connectivity index (χ1) is 11.6. The molecular weight excluding hydrogens is 304 g/mol. The SMILES string of the molecule is CCN(C)C(=O)c1cccc(NC(=O)c2ccnc(C3CC3)n2)c1. The third kappa shape index (κ3) is 3.59. The maximum atomic E-state index is 12.4. The van der Waals surface area contributed by atoms with Crippen LogP contribution >= 0.6 is 0 Å². The number of benzene rings is 1. The van der Waals surface area contributed by atoms with Crippen molar-refractivity contribution in [2.75, 3.05) is 18.9 Å². The molecule has 0 unspecified atom stereocenters. The molecule has 0 atom stereocenters. The minimum absolute atomic E-state index is 0.0772. The van der Waals surface area contributed by atoms with Crippen LogP contribution in [0.5, 0.6) is 0 Å². The van der Waals surface area contributed by atoms with Gasteiger partial charge in [-0.05, 0) is 44.0 Å². The molecule has 2 amide bonds. The first kappa shape index (κ1) is 16.1. The lowest BCUT2D eigenvalue weighted by atomic mass is 10.1. The van der Waals surface area contributed by atoms with E-state index in [1.54, 1.807) is 48.5 Å². The molecule has 124 valence electrons. The molecule has 0 bridgehead atoms. The van der Waals surface area contributed by atoms with E-state index in [9.17, 15) is 9.59 Å². The van der Waals surface area contributed by atoms with Crippen LogP contribution < -0.4 is 5.32 Å². The van der Waals surface area contributed by atoms with Crippen molar-refractivity contribution < 1.29 is 9.59 Å². The summed E-state index contributed by atoms with van der Waals surface area (Å²) < 4.78 is 0. The van der Waals surface area contributed by atoms with Crippen LogP contribution in [0.3, 0.4) is 0 Å². The van der Waals surface area contributed by atoms with E-state index in [2.05, 4.69) is 15.3 Å². The number of amides is 2. The first-order valence-corrected chi connectivity index (χ1v) is 8.08. The van der Waals surface area contributed by atoms with Gasteiger partial charge in [0, 0.05) is 37.0 Å². The summed E-state index contributed by atoms with van der Waals surface area (Å²) in [6.45, 7) is 2.54. The van der Waals surface area contributed by atoms with E-state index in [1.165, 1.54) is 0 Å². The van der Waals surface area contributed by atoms with Gasteiger partial charge in [0.05, 0.1) is 0 Å². The van der Waals surface area contributed by atoms with Crippen LogP contribution in [0.2, 0.25) is 0 Å². The molecule has 1 N–H and O–H groups in total. The van der Waals surface area contributed by atoms with Crippen LogP contribution in [0.25, 0.3) is 0 Å². The lowest BCUT2D eigenvalue weighted by molar-refractivity contribution is 0.0802. The normalized spacial score (nSPS) is 13.4. The molecule has 0 aliphatic heterocycles. The summed E-state index contributed by atoms with van der Waals surface area (Å²) in [4.78, 5) is 34.8. The van der Waals surface area contributed by atoms with Crippen LogP contribution in [-0.4, -0.2) is 40.3 Å². The van der Waals surface area contributed by atoms with Crippen molar-refractivity contribution in [3.05, 3.63) is 53.6 Å². The number of aromatic nitrogens is 2. The minimum Gasteiger partial charge on any atom is -0.342 e. The Morgan fingerprint density at radius 3 is 2.79 bits per heavy atom. The van der Waals surface area contributed by atoms with Crippen molar-refractivity contribution in [1.29, 1.82) is 0 Å². The van der Waals surface area contributed by atoms with E-state index in [0.29, 0.717) is 29.4 Å². The monoisotopic (exact) mass is 324 g/mol. The van der Waals surface area contributed by atoms with Crippen molar-refractivity contribution in [1.82, 2.24) is 14.9 Å². The maximum absolute atomic E-state index is 12.4. The van der Waals surface area contributed by atoms with Gasteiger partial charge in [0.2, 0.25) is 0 Å². The van der Waals surface area contributed by atoms with Gasteiger partial charge in [0.1, 0.15) is 11.5 Å². The highest BCUT2D eigenvalue weighted by Gasteiger charge is 2.27. The van der Waals surface area contributed by atoms with Gasteiger partial charge in [-0.2, -0.15) is 0 Å². The molecule has 0 saturated heterocycles. The summed E-state index contributed by atoms with van der Waals surface area (Å²) in [6.07, 6.45) is 3.78. The van der Waals surface area contributed by atoms with Crippen molar-refractivity contribution in [3.8, 4) is 0 Å². The van der Waals surface area contributed by atoms with Gasteiger partial charge in [-0.3, -0.25) is 9.59 Å². The zero-order valence-corrected chi connectivity index (χ0v) is 13.8. The Labute approximate surface area is 140 Å². The average molecular weight is 324 g/mol. The van der Waals surface area contributed by atoms with Gasteiger partial charge in [-0.25, -0.2) is 9.97 Å². The van der Waals surface area contributed by atoms with Crippen LogP contribution in [0.1, 0.15) is 52.4 Å². The van der Waals surface area contributed by atoms with Gasteiger partial charge in [0.25, 0.3) is 11.8 Å². The number of hydrogen-bond acceptors (Lipinski definition) is 4. The Hall–Kier alpha value is -2.76. The van der Waals surface area contributed by atoms with Gasteiger partial charge in [-0.15, -0.1) is 0 Å². The Balaban J connectivity index is 1.74. The van der Waals surface area contributed by atoms with E-state index in [-0.39, 0.29) is 11.8 Å². The Bertz CT molecular complexity index is 771. The Morgan fingerprint density at radius 1 is 1.29 bits per heavy atom. The molecule has 1 fully saturated rings. The fraction of sp³-hybridized carbons (Fsp3) is 0.333. The number of carbonyl (C=O) groups is 2. The lowest BCUT2D eigenvalue weighted by Crippen LogP contribution is -2.26. The smallest absolute Gasteiger partial charge is 0.274 e. The second-order valence-corrected chi connectivity index (χ2v) is 5.93. The second-order valence-electron chi connectivity index (χ2n) is 5.93. The number of hydrogen-bond donors (Lipinski definition) is 1. The molecule has 0 radical (unpaired) electrons. The highest BCUT2D eigenvalue weighted by Crippen LogP contribution is 2.37. The molecule has 1 aromatic carbocycles.